The summed E-state index contributed by atoms with van der Waals surface area (Å²) in [5, 5.41) is 9.86. The lowest BCUT2D eigenvalue weighted by Gasteiger charge is -2.35. The number of Topliss-reactive ketones (excluding diaryl/α,β-unsaturated/α-hetero) is 1. The van der Waals surface area contributed by atoms with Gasteiger partial charge in [0.15, 0.2) is 17.3 Å². The molecule has 0 heterocycles. The molecule has 3 rings (SSSR count). The molecule has 2 nitrogen and oxygen atoms in total. The molecule has 0 amide bonds. The highest BCUT2D eigenvalue weighted by Gasteiger charge is 2.47. The Morgan fingerprint density at radius 3 is 2.91 bits per heavy atom. The van der Waals surface area contributed by atoms with Crippen molar-refractivity contribution in [1.82, 2.24) is 0 Å². The van der Waals surface area contributed by atoms with Gasteiger partial charge in [-0.05, 0) is 58.0 Å². The molecule has 2 aliphatic carbocycles. The van der Waals surface area contributed by atoms with Crippen LogP contribution in [0.5, 0.6) is 5.75 Å². The van der Waals surface area contributed by atoms with E-state index in [0.29, 0.717) is 22.9 Å². The molecule has 0 saturated heterocycles. The zero-order valence-electron chi connectivity index (χ0n) is 12.3. The Labute approximate surface area is 142 Å². The minimum atomic E-state index is -0.735. The smallest absolute Gasteiger partial charge is 0.170 e. The summed E-state index contributed by atoms with van der Waals surface area (Å²) in [6.07, 6.45) is 4.95. The van der Waals surface area contributed by atoms with Crippen LogP contribution >= 0.6 is 27.5 Å². The molecule has 22 heavy (non-hydrogen) atoms. The van der Waals surface area contributed by atoms with Crippen LogP contribution < -0.4 is 0 Å². The molecule has 1 unspecified atom stereocenters. The monoisotopic (exact) mass is 386 g/mol. The summed E-state index contributed by atoms with van der Waals surface area (Å²) in [7, 11) is 0. The van der Waals surface area contributed by atoms with Crippen LogP contribution in [0.15, 0.2) is 10.5 Å². The van der Waals surface area contributed by atoms with E-state index in [9.17, 15) is 14.3 Å². The second-order valence-electron chi connectivity index (χ2n) is 6.22. The Hall–Kier alpha value is -0.870. The van der Waals surface area contributed by atoms with Gasteiger partial charge in [-0.15, -0.1) is 0 Å². The van der Waals surface area contributed by atoms with Gasteiger partial charge in [0.1, 0.15) is 0 Å². The number of benzene rings is 1. The van der Waals surface area contributed by atoms with Gasteiger partial charge in [0.2, 0.25) is 0 Å². The molecule has 118 valence electrons. The van der Waals surface area contributed by atoms with Gasteiger partial charge in [-0.25, -0.2) is 4.39 Å². The first-order valence-electron chi connectivity index (χ1n) is 7.55. The maximum atomic E-state index is 13.9. The van der Waals surface area contributed by atoms with Gasteiger partial charge in [-0.1, -0.05) is 31.4 Å². The fourth-order valence-corrected chi connectivity index (χ4v) is 4.87. The van der Waals surface area contributed by atoms with Gasteiger partial charge >= 0.3 is 0 Å². The van der Waals surface area contributed by atoms with Crippen molar-refractivity contribution in [3.63, 3.8) is 0 Å². The molecule has 0 saturated carbocycles. The number of hydrogen-bond acceptors (Lipinski definition) is 2. The van der Waals surface area contributed by atoms with Crippen molar-refractivity contribution in [1.29, 1.82) is 0 Å². The van der Waals surface area contributed by atoms with Crippen LogP contribution in [0.3, 0.4) is 0 Å². The Bertz CT molecular complexity index is 698. The molecule has 2 aliphatic rings. The molecule has 1 aromatic rings. The lowest BCUT2D eigenvalue weighted by atomic mass is 9.69. The fraction of sp³-hybridized carbons (Fsp3) is 0.471. The van der Waals surface area contributed by atoms with E-state index in [4.69, 9.17) is 11.6 Å². The quantitative estimate of drug-likeness (QED) is 0.755. The van der Waals surface area contributed by atoms with Gasteiger partial charge < -0.3 is 5.11 Å². The summed E-state index contributed by atoms with van der Waals surface area (Å²) in [5.74, 6) is -1.17. The predicted octanol–water partition coefficient (Wildman–Crippen LogP) is 5.39. The molecule has 1 aromatic carbocycles. The molecule has 0 aromatic heterocycles. The van der Waals surface area contributed by atoms with Crippen LogP contribution in [0, 0.1) is 11.2 Å². The Balaban J connectivity index is 2.23. The van der Waals surface area contributed by atoms with Crippen LogP contribution in [0.25, 0.3) is 5.57 Å². The zero-order chi connectivity index (χ0) is 16.1. The molecular weight excluding hydrogens is 371 g/mol. The highest BCUT2D eigenvalue weighted by atomic mass is 79.9. The van der Waals surface area contributed by atoms with Crippen LogP contribution in [-0.4, -0.2) is 10.9 Å². The van der Waals surface area contributed by atoms with Gasteiger partial charge in [0, 0.05) is 11.8 Å². The SMILES string of the molecule is CCCCC12CCC(=O)C(Br)=C1c1cc(F)c(O)c(Cl)c1C2. The molecule has 5 heteroatoms. The zero-order valence-corrected chi connectivity index (χ0v) is 14.7. The molecular formula is C17H17BrClFO2. The molecule has 1 N–H and O–H groups in total. The minimum absolute atomic E-state index is 0.0552. The van der Waals surface area contributed by atoms with Crippen molar-refractivity contribution in [2.24, 2.45) is 5.41 Å². The van der Waals surface area contributed by atoms with Crippen molar-refractivity contribution in [2.45, 2.75) is 45.4 Å². The third-order valence-electron chi connectivity index (χ3n) is 4.91. The van der Waals surface area contributed by atoms with Gasteiger partial charge in [0.25, 0.3) is 0 Å². The van der Waals surface area contributed by atoms with Crippen molar-refractivity contribution in [3.8, 4) is 5.75 Å². The Morgan fingerprint density at radius 1 is 1.50 bits per heavy atom. The standard InChI is InChI=1S/C17H17BrClFO2/c1-2-3-5-17-6-4-12(21)14(18)13(17)9-7-11(20)16(22)15(19)10(9)8-17/h7,22H,2-6,8H2,1H3. The summed E-state index contributed by atoms with van der Waals surface area (Å²) in [4.78, 5) is 12.1. The Kier molecular flexibility index (Phi) is 4.11. The number of hydrogen-bond donors (Lipinski definition) is 1. The number of carbonyl (C=O) groups excluding carboxylic acids is 1. The van der Waals surface area contributed by atoms with Gasteiger partial charge in [-0.3, -0.25) is 4.79 Å². The third kappa shape index (κ3) is 2.23. The molecule has 0 aliphatic heterocycles. The number of allylic oxidation sites excluding steroid dienone is 2. The van der Waals surface area contributed by atoms with E-state index < -0.39 is 11.6 Å². The third-order valence-corrected chi connectivity index (χ3v) is 6.16. The number of rotatable bonds is 3. The number of ketones is 1. The lowest BCUT2D eigenvalue weighted by molar-refractivity contribution is -0.115. The van der Waals surface area contributed by atoms with Crippen LogP contribution in [0.2, 0.25) is 5.02 Å². The highest BCUT2D eigenvalue weighted by molar-refractivity contribution is 9.12. The first kappa shape index (κ1) is 16.0. The summed E-state index contributed by atoms with van der Waals surface area (Å²) in [6, 6.07) is 1.32. The number of unbranched alkanes of at least 4 members (excludes halogenated alkanes) is 1. The van der Waals surface area contributed by atoms with Gasteiger partial charge in [0.05, 0.1) is 9.51 Å². The maximum Gasteiger partial charge on any atom is 0.170 e. The number of fused-ring (bicyclic) bond motifs is 3. The number of phenolic OH excluding ortho intramolecular Hbond substituents is 1. The first-order chi connectivity index (χ1) is 10.4. The molecule has 1 atom stereocenters. The summed E-state index contributed by atoms with van der Waals surface area (Å²) in [6.45, 7) is 2.13. The van der Waals surface area contributed by atoms with E-state index >= 15 is 0 Å². The van der Waals surface area contributed by atoms with Crippen molar-refractivity contribution in [2.75, 3.05) is 0 Å². The molecule has 0 radical (unpaired) electrons. The topological polar surface area (TPSA) is 37.3 Å². The summed E-state index contributed by atoms with van der Waals surface area (Å²) >= 11 is 9.60. The van der Waals surface area contributed by atoms with Crippen LogP contribution in [-0.2, 0) is 11.2 Å². The number of halogens is 3. The summed E-state index contributed by atoms with van der Waals surface area (Å²) in [5.41, 5.74) is 2.15. The van der Waals surface area contributed by atoms with E-state index in [1.807, 2.05) is 0 Å². The number of carbonyl (C=O) groups is 1. The fourth-order valence-electron chi connectivity index (χ4n) is 3.78. The van der Waals surface area contributed by atoms with Gasteiger partial charge in [-0.2, -0.15) is 0 Å². The average Bonchev–Trinajstić information content (AvgIpc) is 2.82. The summed E-state index contributed by atoms with van der Waals surface area (Å²) < 4.78 is 14.5. The minimum Gasteiger partial charge on any atom is -0.504 e. The molecule has 0 bridgehead atoms. The average molecular weight is 388 g/mol. The van der Waals surface area contributed by atoms with E-state index in [1.54, 1.807) is 0 Å². The van der Waals surface area contributed by atoms with E-state index in [0.717, 1.165) is 36.8 Å². The first-order valence-corrected chi connectivity index (χ1v) is 8.72. The Morgan fingerprint density at radius 2 is 2.23 bits per heavy atom. The highest BCUT2D eigenvalue weighted by Crippen LogP contribution is 2.59. The van der Waals surface area contributed by atoms with Crippen molar-refractivity contribution >= 4 is 38.9 Å². The van der Waals surface area contributed by atoms with E-state index in [2.05, 4.69) is 22.9 Å². The van der Waals surface area contributed by atoms with E-state index in [1.165, 1.54) is 6.07 Å². The van der Waals surface area contributed by atoms with Crippen LogP contribution in [0.4, 0.5) is 4.39 Å². The van der Waals surface area contributed by atoms with Crippen LogP contribution in [0.1, 0.15) is 50.2 Å². The lowest BCUT2D eigenvalue weighted by Crippen LogP contribution is -2.27. The largest absolute Gasteiger partial charge is 0.504 e. The molecule has 0 fully saturated rings. The second-order valence-corrected chi connectivity index (χ2v) is 7.39. The maximum absolute atomic E-state index is 13.9. The normalized spacial score (nSPS) is 23.7. The molecule has 0 spiro atoms. The van der Waals surface area contributed by atoms with Crippen molar-refractivity contribution in [3.05, 3.63) is 32.5 Å². The second kappa shape index (κ2) is 5.64. The number of aromatic hydroxyl groups is 1. The van der Waals surface area contributed by atoms with E-state index in [-0.39, 0.29) is 16.2 Å². The predicted molar refractivity (Wildman–Crippen MR) is 88.8 cm³/mol. The van der Waals surface area contributed by atoms with Crippen molar-refractivity contribution < 1.29 is 14.3 Å². The number of phenols is 1.